The molecule has 10 heteroatoms. The second-order valence-corrected chi connectivity index (χ2v) is 7.74. The molecule has 1 saturated heterocycles. The summed E-state index contributed by atoms with van der Waals surface area (Å²) in [6.07, 6.45) is 1.53. The lowest BCUT2D eigenvalue weighted by atomic mass is 9.93. The number of nitrogens with one attached hydrogen (secondary N) is 1. The first-order valence-electron chi connectivity index (χ1n) is 10.3. The number of methoxy groups -OCH3 is 2. The SMILES string of the molecule is COc1ccc(OC)c(-c2cc(C(=O)N3CCC(c4cc(C(N)=O)n[nH]4)CC3)n(C)n2)c1. The third-order valence-corrected chi connectivity index (χ3v) is 5.85. The molecule has 3 heterocycles. The van der Waals surface area contributed by atoms with Crippen molar-refractivity contribution in [2.75, 3.05) is 27.3 Å². The summed E-state index contributed by atoms with van der Waals surface area (Å²) in [5.41, 5.74) is 8.27. The normalized spacial score (nSPS) is 14.4. The van der Waals surface area contributed by atoms with Crippen molar-refractivity contribution in [2.45, 2.75) is 18.8 Å². The van der Waals surface area contributed by atoms with E-state index in [1.165, 1.54) is 0 Å². The van der Waals surface area contributed by atoms with E-state index in [1.54, 1.807) is 38.1 Å². The van der Waals surface area contributed by atoms with Crippen LogP contribution in [-0.2, 0) is 7.05 Å². The van der Waals surface area contributed by atoms with Crippen molar-refractivity contribution >= 4 is 11.8 Å². The number of benzene rings is 1. The molecule has 0 atom stereocenters. The Morgan fingerprint density at radius 3 is 2.50 bits per heavy atom. The third-order valence-electron chi connectivity index (χ3n) is 5.85. The fraction of sp³-hybridized carbons (Fsp3) is 0.364. The van der Waals surface area contributed by atoms with Gasteiger partial charge in [-0.1, -0.05) is 0 Å². The van der Waals surface area contributed by atoms with Crippen molar-refractivity contribution in [3.63, 3.8) is 0 Å². The Kier molecular flexibility index (Phi) is 5.85. The zero-order chi connectivity index (χ0) is 22.8. The molecule has 0 unspecified atom stereocenters. The Hall–Kier alpha value is -3.82. The van der Waals surface area contributed by atoms with E-state index in [2.05, 4.69) is 15.3 Å². The van der Waals surface area contributed by atoms with Gasteiger partial charge in [-0.25, -0.2) is 0 Å². The van der Waals surface area contributed by atoms with Crippen LogP contribution in [0, 0.1) is 0 Å². The van der Waals surface area contributed by atoms with Gasteiger partial charge in [-0.15, -0.1) is 0 Å². The van der Waals surface area contributed by atoms with Crippen LogP contribution in [-0.4, -0.2) is 64.0 Å². The average Bonchev–Trinajstić information content (AvgIpc) is 3.45. The fourth-order valence-electron chi connectivity index (χ4n) is 4.04. The molecule has 3 N–H and O–H groups in total. The number of H-pyrrole nitrogens is 1. The number of likely N-dealkylation sites (tertiary alicyclic amines) is 1. The van der Waals surface area contributed by atoms with Crippen molar-refractivity contribution in [1.29, 1.82) is 0 Å². The maximum atomic E-state index is 13.2. The number of aryl methyl sites for hydroxylation is 1. The molecule has 0 bridgehead atoms. The van der Waals surface area contributed by atoms with Crippen LogP contribution in [0.15, 0.2) is 30.3 Å². The summed E-state index contributed by atoms with van der Waals surface area (Å²) in [5.74, 6) is 0.898. The lowest BCUT2D eigenvalue weighted by molar-refractivity contribution is 0.0700. The number of primary amides is 1. The van der Waals surface area contributed by atoms with E-state index in [1.807, 2.05) is 23.1 Å². The number of rotatable bonds is 6. The first kappa shape index (κ1) is 21.4. The number of amides is 2. The highest BCUT2D eigenvalue weighted by atomic mass is 16.5. The van der Waals surface area contributed by atoms with Gasteiger partial charge < -0.3 is 20.1 Å². The number of hydrogen-bond donors (Lipinski definition) is 2. The highest BCUT2D eigenvalue weighted by Gasteiger charge is 2.28. The first-order chi connectivity index (χ1) is 15.4. The van der Waals surface area contributed by atoms with Crippen LogP contribution in [0.3, 0.4) is 0 Å². The Morgan fingerprint density at radius 1 is 1.12 bits per heavy atom. The van der Waals surface area contributed by atoms with E-state index in [9.17, 15) is 9.59 Å². The summed E-state index contributed by atoms with van der Waals surface area (Å²) in [6.45, 7) is 1.19. The quantitative estimate of drug-likeness (QED) is 0.605. The minimum atomic E-state index is -0.556. The maximum Gasteiger partial charge on any atom is 0.272 e. The number of hydrogen-bond acceptors (Lipinski definition) is 6. The van der Waals surface area contributed by atoms with Crippen LogP contribution in [0.2, 0.25) is 0 Å². The molecular formula is C22H26N6O4. The molecule has 10 nitrogen and oxygen atoms in total. The summed E-state index contributed by atoms with van der Waals surface area (Å²) < 4.78 is 12.4. The summed E-state index contributed by atoms with van der Waals surface area (Å²) in [4.78, 5) is 26.3. The molecule has 1 fully saturated rings. The smallest absolute Gasteiger partial charge is 0.272 e. The standard InChI is InChI=1S/C22H26N6O4/c1-27-19(12-17(26-27)15-10-14(31-2)4-5-20(15)32-3)22(30)28-8-6-13(7-9-28)16-11-18(21(23)29)25-24-16/h4-5,10-13H,6-9H2,1-3H3,(H2,23,29)(H,24,25). The van der Waals surface area contributed by atoms with Crippen LogP contribution in [0.4, 0.5) is 0 Å². The van der Waals surface area contributed by atoms with Crippen molar-refractivity contribution in [1.82, 2.24) is 24.9 Å². The predicted octanol–water partition coefficient (Wildman–Crippen LogP) is 1.95. The number of nitrogens with zero attached hydrogens (tertiary/aromatic N) is 4. The topological polar surface area (TPSA) is 128 Å². The van der Waals surface area contributed by atoms with Crippen LogP contribution < -0.4 is 15.2 Å². The van der Waals surface area contributed by atoms with Gasteiger partial charge in [-0.05, 0) is 43.2 Å². The lowest BCUT2D eigenvalue weighted by Gasteiger charge is -2.31. The Labute approximate surface area is 185 Å². The van der Waals surface area contributed by atoms with Crippen LogP contribution in [0.25, 0.3) is 11.3 Å². The van der Waals surface area contributed by atoms with E-state index >= 15 is 0 Å². The highest BCUT2D eigenvalue weighted by molar-refractivity contribution is 5.94. The summed E-state index contributed by atoms with van der Waals surface area (Å²) in [7, 11) is 4.95. The maximum absolute atomic E-state index is 13.2. The minimum absolute atomic E-state index is 0.0750. The van der Waals surface area contributed by atoms with Gasteiger partial charge in [-0.2, -0.15) is 10.2 Å². The van der Waals surface area contributed by atoms with Gasteiger partial charge in [0.1, 0.15) is 22.9 Å². The molecule has 1 aromatic carbocycles. The molecule has 4 rings (SSSR count). The van der Waals surface area contributed by atoms with Crippen molar-refractivity contribution in [3.8, 4) is 22.8 Å². The molecule has 1 aliphatic heterocycles. The summed E-state index contributed by atoms with van der Waals surface area (Å²) >= 11 is 0. The third kappa shape index (κ3) is 4.03. The van der Waals surface area contributed by atoms with Gasteiger partial charge in [0.15, 0.2) is 0 Å². The average molecular weight is 438 g/mol. The number of piperidine rings is 1. The van der Waals surface area contributed by atoms with Gasteiger partial charge in [0, 0.05) is 37.3 Å². The molecule has 0 radical (unpaired) electrons. The van der Waals surface area contributed by atoms with Crippen molar-refractivity contribution in [2.24, 2.45) is 12.8 Å². The highest BCUT2D eigenvalue weighted by Crippen LogP contribution is 2.33. The van der Waals surface area contributed by atoms with E-state index < -0.39 is 5.91 Å². The van der Waals surface area contributed by atoms with Crippen LogP contribution >= 0.6 is 0 Å². The van der Waals surface area contributed by atoms with E-state index in [4.69, 9.17) is 15.2 Å². The monoisotopic (exact) mass is 438 g/mol. The second kappa shape index (κ2) is 8.74. The predicted molar refractivity (Wildman–Crippen MR) is 117 cm³/mol. The molecule has 2 amide bonds. The van der Waals surface area contributed by atoms with Crippen molar-refractivity contribution in [3.05, 3.63) is 47.4 Å². The molecule has 1 aliphatic rings. The zero-order valence-electron chi connectivity index (χ0n) is 18.3. The number of carbonyl (C=O) groups excluding carboxylic acids is 2. The Bertz CT molecular complexity index is 1140. The van der Waals surface area contributed by atoms with Crippen LogP contribution in [0.5, 0.6) is 11.5 Å². The molecule has 0 aliphatic carbocycles. The number of aromatic amines is 1. The first-order valence-corrected chi connectivity index (χ1v) is 10.3. The lowest BCUT2D eigenvalue weighted by Crippen LogP contribution is -2.38. The summed E-state index contributed by atoms with van der Waals surface area (Å²) in [5, 5.41) is 11.4. The summed E-state index contributed by atoms with van der Waals surface area (Å²) in [6, 6.07) is 8.94. The van der Waals surface area contributed by atoms with Gasteiger partial charge in [-0.3, -0.25) is 19.4 Å². The van der Waals surface area contributed by atoms with E-state index in [0.29, 0.717) is 36.0 Å². The molecule has 32 heavy (non-hydrogen) atoms. The largest absolute Gasteiger partial charge is 0.497 e. The molecule has 0 spiro atoms. The van der Waals surface area contributed by atoms with Gasteiger partial charge in [0.25, 0.3) is 11.8 Å². The molecule has 2 aromatic heterocycles. The van der Waals surface area contributed by atoms with Crippen molar-refractivity contribution < 1.29 is 19.1 Å². The fourth-order valence-corrected chi connectivity index (χ4v) is 4.04. The molecule has 0 saturated carbocycles. The Morgan fingerprint density at radius 2 is 1.88 bits per heavy atom. The van der Waals surface area contributed by atoms with Gasteiger partial charge >= 0.3 is 0 Å². The number of nitrogens with two attached hydrogens (primary N) is 1. The number of carbonyl (C=O) groups is 2. The molecular weight excluding hydrogens is 412 g/mol. The van der Waals surface area contributed by atoms with E-state index in [0.717, 1.165) is 24.1 Å². The molecule has 3 aromatic rings. The molecule has 168 valence electrons. The van der Waals surface area contributed by atoms with Crippen LogP contribution in [0.1, 0.15) is 45.4 Å². The zero-order valence-corrected chi connectivity index (χ0v) is 18.3. The second-order valence-electron chi connectivity index (χ2n) is 7.74. The van der Waals surface area contributed by atoms with Gasteiger partial charge in [0.2, 0.25) is 0 Å². The number of ether oxygens (including phenoxy) is 2. The van der Waals surface area contributed by atoms with E-state index in [-0.39, 0.29) is 17.5 Å². The number of aromatic nitrogens is 4. The van der Waals surface area contributed by atoms with Gasteiger partial charge in [0.05, 0.1) is 19.9 Å². The minimum Gasteiger partial charge on any atom is -0.497 e. The Balaban J connectivity index is 1.49.